The average molecular weight is 369 g/mol. The SMILES string of the molecule is CS(=O)(=O)Nc1ccc(C(=O)COC(=O)c2cc(F)cc(F)c2)cc1. The lowest BCUT2D eigenvalue weighted by atomic mass is 10.1. The molecule has 0 heterocycles. The Morgan fingerprint density at radius 3 is 2.08 bits per heavy atom. The number of esters is 1. The van der Waals surface area contributed by atoms with Gasteiger partial charge in [-0.2, -0.15) is 0 Å². The molecule has 6 nitrogen and oxygen atoms in total. The summed E-state index contributed by atoms with van der Waals surface area (Å²) in [6.45, 7) is -0.629. The predicted octanol–water partition coefficient (Wildman–Crippen LogP) is 2.38. The molecule has 0 bridgehead atoms. The highest BCUT2D eigenvalue weighted by atomic mass is 32.2. The van der Waals surface area contributed by atoms with Gasteiger partial charge in [-0.25, -0.2) is 22.0 Å². The van der Waals surface area contributed by atoms with Crippen molar-refractivity contribution < 1.29 is 31.5 Å². The van der Waals surface area contributed by atoms with E-state index < -0.39 is 40.0 Å². The molecule has 2 aromatic carbocycles. The molecule has 0 amide bonds. The van der Waals surface area contributed by atoms with E-state index >= 15 is 0 Å². The fraction of sp³-hybridized carbons (Fsp3) is 0.125. The lowest BCUT2D eigenvalue weighted by Gasteiger charge is -2.07. The molecule has 9 heteroatoms. The topological polar surface area (TPSA) is 89.5 Å². The van der Waals surface area contributed by atoms with Crippen LogP contribution in [0.1, 0.15) is 20.7 Å². The molecule has 0 spiro atoms. The molecular weight excluding hydrogens is 356 g/mol. The number of ether oxygens (including phenoxy) is 1. The van der Waals surface area contributed by atoms with Gasteiger partial charge in [0.05, 0.1) is 11.8 Å². The summed E-state index contributed by atoms with van der Waals surface area (Å²) in [7, 11) is -3.43. The Morgan fingerprint density at radius 2 is 1.56 bits per heavy atom. The standard InChI is InChI=1S/C16H13F2NO5S/c1-25(22,23)19-14-4-2-10(3-5-14)15(20)9-24-16(21)11-6-12(17)8-13(18)7-11/h2-8,19H,9H2,1H3. The summed E-state index contributed by atoms with van der Waals surface area (Å²) in [6.07, 6.45) is 0.987. The Balaban J connectivity index is 1.99. The number of sulfonamides is 1. The van der Waals surface area contributed by atoms with Crippen molar-refractivity contribution in [1.82, 2.24) is 0 Å². The van der Waals surface area contributed by atoms with Gasteiger partial charge in [0, 0.05) is 17.3 Å². The van der Waals surface area contributed by atoms with E-state index in [2.05, 4.69) is 4.72 Å². The van der Waals surface area contributed by atoms with Crippen molar-refractivity contribution in [2.45, 2.75) is 0 Å². The number of rotatable bonds is 6. The summed E-state index contributed by atoms with van der Waals surface area (Å²) < 4.78 is 55.2. The molecule has 0 saturated heterocycles. The van der Waals surface area contributed by atoms with Crippen LogP contribution in [0.15, 0.2) is 42.5 Å². The Hall–Kier alpha value is -2.81. The molecule has 0 fully saturated rings. The van der Waals surface area contributed by atoms with Crippen LogP contribution in [-0.4, -0.2) is 33.0 Å². The summed E-state index contributed by atoms with van der Waals surface area (Å²) in [5.41, 5.74) is 0.0987. The fourth-order valence-corrected chi connectivity index (χ4v) is 2.47. The lowest BCUT2D eigenvalue weighted by molar-refractivity contribution is 0.0474. The van der Waals surface area contributed by atoms with E-state index in [1.807, 2.05) is 0 Å². The van der Waals surface area contributed by atoms with Gasteiger partial charge in [0.25, 0.3) is 0 Å². The number of halogens is 2. The summed E-state index contributed by atoms with van der Waals surface area (Å²) in [5.74, 6) is -3.47. The maximum absolute atomic E-state index is 13.0. The predicted molar refractivity (Wildman–Crippen MR) is 85.9 cm³/mol. The quantitative estimate of drug-likeness (QED) is 0.624. The second-order valence-electron chi connectivity index (χ2n) is 5.11. The van der Waals surface area contributed by atoms with Gasteiger partial charge in [-0.05, 0) is 36.4 Å². The molecule has 0 aromatic heterocycles. The van der Waals surface area contributed by atoms with E-state index in [4.69, 9.17) is 4.74 Å². The molecular formula is C16H13F2NO5S. The molecule has 1 N–H and O–H groups in total. The van der Waals surface area contributed by atoms with Crippen LogP contribution in [0, 0.1) is 11.6 Å². The van der Waals surface area contributed by atoms with Crippen molar-refractivity contribution in [1.29, 1.82) is 0 Å². The summed E-state index contributed by atoms with van der Waals surface area (Å²) in [5, 5.41) is 0. The third-order valence-electron chi connectivity index (χ3n) is 2.94. The third kappa shape index (κ3) is 5.64. The molecule has 0 aliphatic carbocycles. The van der Waals surface area contributed by atoms with Gasteiger partial charge >= 0.3 is 5.97 Å². The summed E-state index contributed by atoms with van der Waals surface area (Å²) in [6, 6.07) is 7.64. The highest BCUT2D eigenvalue weighted by Crippen LogP contribution is 2.13. The van der Waals surface area contributed by atoms with Crippen molar-refractivity contribution in [3.05, 3.63) is 65.2 Å². The Bertz CT molecular complexity index is 890. The van der Waals surface area contributed by atoms with E-state index in [0.29, 0.717) is 6.07 Å². The number of ketones is 1. The van der Waals surface area contributed by atoms with Crippen LogP contribution in [0.4, 0.5) is 14.5 Å². The largest absolute Gasteiger partial charge is 0.454 e. The van der Waals surface area contributed by atoms with Crippen LogP contribution < -0.4 is 4.72 Å². The minimum Gasteiger partial charge on any atom is -0.454 e. The van der Waals surface area contributed by atoms with Crippen molar-refractivity contribution in [3.8, 4) is 0 Å². The van der Waals surface area contributed by atoms with Crippen molar-refractivity contribution in [2.24, 2.45) is 0 Å². The Morgan fingerprint density at radius 1 is 1.00 bits per heavy atom. The number of nitrogens with one attached hydrogen (secondary N) is 1. The Kier molecular flexibility index (Phi) is 5.48. The maximum atomic E-state index is 13.0. The first-order valence-electron chi connectivity index (χ1n) is 6.88. The first kappa shape index (κ1) is 18.5. The highest BCUT2D eigenvalue weighted by Gasteiger charge is 2.14. The highest BCUT2D eigenvalue weighted by molar-refractivity contribution is 7.92. The molecule has 0 aliphatic rings. The first-order chi connectivity index (χ1) is 11.6. The number of anilines is 1. The second kappa shape index (κ2) is 7.39. The molecule has 0 atom stereocenters. The van der Waals surface area contributed by atoms with Crippen molar-refractivity contribution in [3.63, 3.8) is 0 Å². The zero-order valence-electron chi connectivity index (χ0n) is 13.0. The second-order valence-corrected chi connectivity index (χ2v) is 6.86. The van der Waals surface area contributed by atoms with Crippen LogP contribution in [0.2, 0.25) is 0 Å². The third-order valence-corrected chi connectivity index (χ3v) is 3.55. The number of hydrogen-bond donors (Lipinski definition) is 1. The zero-order chi connectivity index (χ0) is 18.6. The van der Waals surface area contributed by atoms with Gasteiger partial charge in [0.15, 0.2) is 12.4 Å². The molecule has 132 valence electrons. The van der Waals surface area contributed by atoms with Gasteiger partial charge in [-0.3, -0.25) is 9.52 Å². The molecule has 2 aromatic rings. The van der Waals surface area contributed by atoms with E-state index in [1.54, 1.807) is 0 Å². The van der Waals surface area contributed by atoms with Gasteiger partial charge < -0.3 is 4.74 Å². The van der Waals surface area contributed by atoms with Crippen molar-refractivity contribution in [2.75, 3.05) is 17.6 Å². The van der Waals surface area contributed by atoms with Gasteiger partial charge in [0.1, 0.15) is 11.6 Å². The Labute approximate surface area is 142 Å². The summed E-state index contributed by atoms with van der Waals surface area (Å²) >= 11 is 0. The number of carbonyl (C=O) groups is 2. The van der Waals surface area contributed by atoms with Crippen LogP contribution in [0.25, 0.3) is 0 Å². The van der Waals surface area contributed by atoms with E-state index in [1.165, 1.54) is 24.3 Å². The van der Waals surface area contributed by atoms with Crippen molar-refractivity contribution >= 4 is 27.5 Å². The molecule has 25 heavy (non-hydrogen) atoms. The van der Waals surface area contributed by atoms with Crippen LogP contribution in [-0.2, 0) is 14.8 Å². The molecule has 2 rings (SSSR count). The minimum atomic E-state index is -3.43. The number of benzene rings is 2. The zero-order valence-corrected chi connectivity index (χ0v) is 13.8. The minimum absolute atomic E-state index is 0.178. The smallest absolute Gasteiger partial charge is 0.338 e. The summed E-state index contributed by atoms with van der Waals surface area (Å²) in [4.78, 5) is 23.7. The van der Waals surface area contributed by atoms with E-state index in [0.717, 1.165) is 18.4 Å². The monoisotopic (exact) mass is 369 g/mol. The van der Waals surface area contributed by atoms with Crippen LogP contribution in [0.5, 0.6) is 0 Å². The molecule has 0 saturated carbocycles. The van der Waals surface area contributed by atoms with Gasteiger partial charge in [-0.1, -0.05) is 0 Å². The number of Topliss-reactive ketones (excluding diaryl/α,β-unsaturated/α-hetero) is 1. The average Bonchev–Trinajstić information content (AvgIpc) is 2.50. The molecule has 0 radical (unpaired) electrons. The van der Waals surface area contributed by atoms with Gasteiger partial charge in [-0.15, -0.1) is 0 Å². The number of carbonyl (C=O) groups excluding carboxylic acids is 2. The fourth-order valence-electron chi connectivity index (χ4n) is 1.91. The van der Waals surface area contributed by atoms with Gasteiger partial charge in [0.2, 0.25) is 10.0 Å². The first-order valence-corrected chi connectivity index (χ1v) is 8.77. The van der Waals surface area contributed by atoms with E-state index in [9.17, 15) is 26.8 Å². The lowest BCUT2D eigenvalue weighted by Crippen LogP contribution is -2.15. The van der Waals surface area contributed by atoms with Crippen LogP contribution in [0.3, 0.4) is 0 Å². The maximum Gasteiger partial charge on any atom is 0.338 e. The van der Waals surface area contributed by atoms with Crippen LogP contribution >= 0.6 is 0 Å². The van der Waals surface area contributed by atoms with E-state index in [-0.39, 0.29) is 16.8 Å². The molecule has 0 unspecified atom stereocenters. The number of hydrogen-bond acceptors (Lipinski definition) is 5. The normalized spacial score (nSPS) is 11.0. The molecule has 0 aliphatic heterocycles.